The Balaban J connectivity index is 2.86. The monoisotopic (exact) mass is 253 g/mol. The first-order valence-corrected chi connectivity index (χ1v) is 5.76. The van der Waals surface area contributed by atoms with Crippen LogP contribution in [0.3, 0.4) is 0 Å². The number of amides is 1. The minimum atomic E-state index is -0.168. The number of benzene rings is 1. The summed E-state index contributed by atoms with van der Waals surface area (Å²) in [6.07, 6.45) is 0. The van der Waals surface area contributed by atoms with Crippen LogP contribution in [0, 0.1) is 0 Å². The molecule has 1 aromatic rings. The summed E-state index contributed by atoms with van der Waals surface area (Å²) in [7, 11) is 3.10. The minimum Gasteiger partial charge on any atom is -0.496 e. The molecular weight excluding hydrogens is 234 g/mol. The van der Waals surface area contributed by atoms with Gasteiger partial charge < -0.3 is 19.5 Å². The first kappa shape index (κ1) is 14.5. The second-order valence-corrected chi connectivity index (χ2v) is 3.71. The van der Waals surface area contributed by atoms with Crippen LogP contribution in [0.5, 0.6) is 5.75 Å². The van der Waals surface area contributed by atoms with E-state index >= 15 is 0 Å². The van der Waals surface area contributed by atoms with Gasteiger partial charge in [0.15, 0.2) is 0 Å². The van der Waals surface area contributed by atoms with E-state index in [1.165, 1.54) is 7.11 Å². The minimum absolute atomic E-state index is 0.0788. The Bertz CT molecular complexity index is 381. The molecule has 0 aliphatic rings. The van der Waals surface area contributed by atoms with Crippen LogP contribution in [0.4, 0.5) is 0 Å². The predicted octanol–water partition coefficient (Wildman–Crippen LogP) is 0.776. The summed E-state index contributed by atoms with van der Waals surface area (Å²) in [6.45, 7) is 1.07. The molecule has 0 aromatic heterocycles. The number of carbonyl (C=O) groups is 1. The molecule has 1 rings (SSSR count). The van der Waals surface area contributed by atoms with Crippen molar-refractivity contribution >= 4 is 5.91 Å². The summed E-state index contributed by atoms with van der Waals surface area (Å²) in [5.74, 6) is 0.362. The number of ether oxygens (including phenoxy) is 2. The highest BCUT2D eigenvalue weighted by molar-refractivity contribution is 5.96. The predicted molar refractivity (Wildman–Crippen MR) is 67.9 cm³/mol. The molecule has 0 aliphatic carbocycles. The van der Waals surface area contributed by atoms with Gasteiger partial charge in [-0.15, -0.1) is 0 Å². The number of nitrogens with zero attached hydrogens (tertiary/aromatic N) is 1. The van der Waals surface area contributed by atoms with E-state index in [4.69, 9.17) is 14.6 Å². The molecule has 0 unspecified atom stereocenters. The molecular formula is C13H19NO4. The average Bonchev–Trinajstić information content (AvgIpc) is 2.42. The molecule has 0 bridgehead atoms. The van der Waals surface area contributed by atoms with E-state index in [1.54, 1.807) is 36.3 Å². The highest BCUT2D eigenvalue weighted by Gasteiger charge is 2.18. The fourth-order valence-corrected chi connectivity index (χ4v) is 1.63. The van der Waals surface area contributed by atoms with Crippen LogP contribution in [-0.2, 0) is 4.74 Å². The van der Waals surface area contributed by atoms with Gasteiger partial charge in [0.05, 0.1) is 25.9 Å². The maximum Gasteiger partial charge on any atom is 0.257 e. The van der Waals surface area contributed by atoms with E-state index in [9.17, 15) is 4.79 Å². The van der Waals surface area contributed by atoms with E-state index < -0.39 is 0 Å². The second-order valence-electron chi connectivity index (χ2n) is 3.71. The number of carbonyl (C=O) groups excluding carboxylic acids is 1. The van der Waals surface area contributed by atoms with Crippen LogP contribution >= 0.6 is 0 Å². The van der Waals surface area contributed by atoms with Crippen molar-refractivity contribution in [1.82, 2.24) is 4.90 Å². The van der Waals surface area contributed by atoms with Gasteiger partial charge in [0.1, 0.15) is 5.75 Å². The second kappa shape index (κ2) is 7.68. The fourth-order valence-electron chi connectivity index (χ4n) is 1.63. The molecule has 0 saturated carbocycles. The number of hydrogen-bond donors (Lipinski definition) is 1. The van der Waals surface area contributed by atoms with Gasteiger partial charge in [0, 0.05) is 20.2 Å². The molecule has 1 N–H and O–H groups in total. The third-order valence-electron chi connectivity index (χ3n) is 2.56. The lowest BCUT2D eigenvalue weighted by molar-refractivity contribution is 0.0653. The van der Waals surface area contributed by atoms with Crippen molar-refractivity contribution in [3.63, 3.8) is 0 Å². The molecule has 1 aromatic carbocycles. The fraction of sp³-hybridized carbons (Fsp3) is 0.462. The highest BCUT2D eigenvalue weighted by Crippen LogP contribution is 2.19. The number of hydrogen-bond acceptors (Lipinski definition) is 4. The van der Waals surface area contributed by atoms with Crippen molar-refractivity contribution in [1.29, 1.82) is 0 Å². The molecule has 0 saturated heterocycles. The molecule has 5 heteroatoms. The lowest BCUT2D eigenvalue weighted by atomic mass is 10.1. The molecule has 0 spiro atoms. The SMILES string of the molecule is COCCN(CCO)C(=O)c1ccccc1OC. The van der Waals surface area contributed by atoms with Crippen molar-refractivity contribution in [3.8, 4) is 5.75 Å². The highest BCUT2D eigenvalue weighted by atomic mass is 16.5. The van der Waals surface area contributed by atoms with Gasteiger partial charge in [0.2, 0.25) is 0 Å². The van der Waals surface area contributed by atoms with Gasteiger partial charge in [-0.3, -0.25) is 4.79 Å². The van der Waals surface area contributed by atoms with E-state index in [1.807, 2.05) is 0 Å². The van der Waals surface area contributed by atoms with Crippen LogP contribution < -0.4 is 4.74 Å². The van der Waals surface area contributed by atoms with Crippen LogP contribution in [0.1, 0.15) is 10.4 Å². The van der Waals surface area contributed by atoms with Crippen molar-refractivity contribution in [3.05, 3.63) is 29.8 Å². The smallest absolute Gasteiger partial charge is 0.257 e. The van der Waals surface area contributed by atoms with Gasteiger partial charge in [-0.25, -0.2) is 0 Å². The van der Waals surface area contributed by atoms with Crippen molar-refractivity contribution in [2.24, 2.45) is 0 Å². The van der Waals surface area contributed by atoms with Gasteiger partial charge in [-0.1, -0.05) is 12.1 Å². The number of para-hydroxylation sites is 1. The zero-order valence-corrected chi connectivity index (χ0v) is 10.8. The maximum atomic E-state index is 12.3. The van der Waals surface area contributed by atoms with Gasteiger partial charge in [-0.2, -0.15) is 0 Å². The lowest BCUT2D eigenvalue weighted by Crippen LogP contribution is -2.36. The van der Waals surface area contributed by atoms with Gasteiger partial charge in [-0.05, 0) is 12.1 Å². The normalized spacial score (nSPS) is 10.2. The molecule has 100 valence electrons. The number of aliphatic hydroxyl groups is 1. The average molecular weight is 253 g/mol. The van der Waals surface area contributed by atoms with Crippen LogP contribution in [0.15, 0.2) is 24.3 Å². The third kappa shape index (κ3) is 3.72. The van der Waals surface area contributed by atoms with Gasteiger partial charge in [0.25, 0.3) is 5.91 Å². The Morgan fingerprint density at radius 2 is 2.00 bits per heavy atom. The van der Waals surface area contributed by atoms with Crippen molar-refractivity contribution in [2.45, 2.75) is 0 Å². The van der Waals surface area contributed by atoms with Gasteiger partial charge >= 0.3 is 0 Å². The van der Waals surface area contributed by atoms with Crippen LogP contribution in [-0.4, -0.2) is 56.4 Å². The van der Waals surface area contributed by atoms with E-state index in [0.717, 1.165) is 0 Å². The van der Waals surface area contributed by atoms with Crippen molar-refractivity contribution < 1.29 is 19.4 Å². The zero-order chi connectivity index (χ0) is 13.4. The molecule has 0 heterocycles. The molecule has 0 atom stereocenters. The Morgan fingerprint density at radius 3 is 2.61 bits per heavy atom. The topological polar surface area (TPSA) is 59.0 Å². The first-order valence-electron chi connectivity index (χ1n) is 5.76. The largest absolute Gasteiger partial charge is 0.496 e. The summed E-state index contributed by atoms with van der Waals surface area (Å²) >= 11 is 0. The van der Waals surface area contributed by atoms with Crippen LogP contribution in [0.2, 0.25) is 0 Å². The Labute approximate surface area is 107 Å². The van der Waals surface area contributed by atoms with Crippen LogP contribution in [0.25, 0.3) is 0 Å². The standard InChI is InChI=1S/C13H19NO4/c1-17-10-8-14(7-9-15)13(16)11-5-3-4-6-12(11)18-2/h3-6,15H,7-10H2,1-2H3. The molecule has 0 fully saturated rings. The summed E-state index contributed by atoms with van der Waals surface area (Å²) in [5, 5.41) is 8.99. The first-order chi connectivity index (χ1) is 8.74. The molecule has 0 aliphatic heterocycles. The zero-order valence-electron chi connectivity index (χ0n) is 10.8. The third-order valence-corrected chi connectivity index (χ3v) is 2.56. The van der Waals surface area contributed by atoms with Crippen molar-refractivity contribution in [2.75, 3.05) is 40.5 Å². The number of rotatable bonds is 7. The Kier molecular flexibility index (Phi) is 6.18. The quantitative estimate of drug-likeness (QED) is 0.780. The Morgan fingerprint density at radius 1 is 1.28 bits per heavy atom. The maximum absolute atomic E-state index is 12.3. The number of aliphatic hydroxyl groups excluding tert-OH is 1. The molecule has 5 nitrogen and oxygen atoms in total. The summed E-state index contributed by atoms with van der Waals surface area (Å²) in [5.41, 5.74) is 0.490. The Hall–Kier alpha value is -1.59. The van der Waals surface area contributed by atoms with E-state index in [0.29, 0.717) is 24.5 Å². The molecule has 18 heavy (non-hydrogen) atoms. The lowest BCUT2D eigenvalue weighted by Gasteiger charge is -2.22. The molecule has 1 amide bonds. The summed E-state index contributed by atoms with van der Waals surface area (Å²) in [4.78, 5) is 13.8. The van der Waals surface area contributed by atoms with E-state index in [-0.39, 0.29) is 19.1 Å². The molecule has 0 radical (unpaired) electrons. The number of methoxy groups -OCH3 is 2. The van der Waals surface area contributed by atoms with E-state index in [2.05, 4.69) is 0 Å². The summed E-state index contributed by atoms with van der Waals surface area (Å²) < 4.78 is 10.1. The summed E-state index contributed by atoms with van der Waals surface area (Å²) in [6, 6.07) is 7.03.